The van der Waals surface area contributed by atoms with Crippen LogP contribution in [0.4, 0.5) is 0 Å². The molecule has 0 aromatic carbocycles. The Hall–Kier alpha value is -0.610. The molecule has 2 heterocycles. The van der Waals surface area contributed by atoms with E-state index in [-0.39, 0.29) is 6.04 Å². The van der Waals surface area contributed by atoms with E-state index in [9.17, 15) is 4.79 Å². The fourth-order valence-corrected chi connectivity index (χ4v) is 5.82. The zero-order valence-corrected chi connectivity index (χ0v) is 16.2. The van der Waals surface area contributed by atoms with Crippen LogP contribution < -0.4 is 0 Å². The maximum Gasteiger partial charge on any atom is 0.239 e. The minimum absolute atomic E-state index is 0.0711. The summed E-state index contributed by atoms with van der Waals surface area (Å²) >= 11 is 0. The zero-order valence-electron chi connectivity index (χ0n) is 16.2. The molecule has 142 valence electrons. The number of amides is 1. The SMILES string of the molecule is CC(C(=O)N1CCCCCC1)N1CCN(C2CCC3(CCC3)C2)CC1. The van der Waals surface area contributed by atoms with Gasteiger partial charge in [0.25, 0.3) is 0 Å². The number of carbonyl (C=O) groups is 1. The van der Waals surface area contributed by atoms with Crippen molar-refractivity contribution < 1.29 is 4.79 Å². The Kier molecular flexibility index (Phi) is 5.38. The van der Waals surface area contributed by atoms with Crippen LogP contribution in [0.25, 0.3) is 0 Å². The van der Waals surface area contributed by atoms with Gasteiger partial charge in [0, 0.05) is 45.3 Å². The Bertz CT molecular complexity index is 460. The lowest BCUT2D eigenvalue weighted by molar-refractivity contribution is -0.137. The van der Waals surface area contributed by atoms with E-state index in [1.807, 2.05) is 0 Å². The van der Waals surface area contributed by atoms with Gasteiger partial charge < -0.3 is 4.90 Å². The van der Waals surface area contributed by atoms with Crippen molar-refractivity contribution in [2.24, 2.45) is 5.41 Å². The molecule has 25 heavy (non-hydrogen) atoms. The van der Waals surface area contributed by atoms with Crippen molar-refractivity contribution in [1.29, 1.82) is 0 Å². The van der Waals surface area contributed by atoms with Crippen LogP contribution in [-0.2, 0) is 4.79 Å². The number of hydrogen-bond acceptors (Lipinski definition) is 3. The molecule has 0 radical (unpaired) electrons. The summed E-state index contributed by atoms with van der Waals surface area (Å²) < 4.78 is 0. The molecule has 1 amide bonds. The van der Waals surface area contributed by atoms with Gasteiger partial charge in [0.05, 0.1) is 6.04 Å². The summed E-state index contributed by atoms with van der Waals surface area (Å²) in [6.07, 6.45) is 13.8. The molecule has 2 aliphatic heterocycles. The first-order valence-corrected chi connectivity index (χ1v) is 10.9. The van der Waals surface area contributed by atoms with Crippen molar-refractivity contribution in [3.63, 3.8) is 0 Å². The van der Waals surface area contributed by atoms with E-state index in [1.54, 1.807) is 0 Å². The average molecular weight is 348 g/mol. The topological polar surface area (TPSA) is 26.8 Å². The quantitative estimate of drug-likeness (QED) is 0.785. The molecule has 0 bridgehead atoms. The predicted octanol–water partition coefficient (Wildman–Crippen LogP) is 3.12. The van der Waals surface area contributed by atoms with Crippen molar-refractivity contribution in [2.45, 2.75) is 83.2 Å². The number of rotatable bonds is 3. The van der Waals surface area contributed by atoms with Crippen molar-refractivity contribution in [3.05, 3.63) is 0 Å². The Balaban J connectivity index is 1.25. The van der Waals surface area contributed by atoms with E-state index in [1.165, 1.54) is 77.3 Å². The van der Waals surface area contributed by atoms with E-state index in [0.717, 1.165) is 37.6 Å². The zero-order chi connectivity index (χ0) is 17.3. The van der Waals surface area contributed by atoms with Crippen molar-refractivity contribution in [3.8, 4) is 0 Å². The molecule has 4 heteroatoms. The minimum atomic E-state index is 0.0711. The Morgan fingerprint density at radius 1 is 0.880 bits per heavy atom. The maximum atomic E-state index is 12.9. The number of carbonyl (C=O) groups excluding carboxylic acids is 1. The summed E-state index contributed by atoms with van der Waals surface area (Å²) in [7, 11) is 0. The highest BCUT2D eigenvalue weighted by Gasteiger charge is 2.45. The highest BCUT2D eigenvalue weighted by molar-refractivity contribution is 5.81. The summed E-state index contributed by atoms with van der Waals surface area (Å²) in [6, 6.07) is 0.904. The second-order valence-corrected chi connectivity index (χ2v) is 9.24. The Morgan fingerprint density at radius 2 is 1.56 bits per heavy atom. The van der Waals surface area contributed by atoms with E-state index in [2.05, 4.69) is 21.6 Å². The van der Waals surface area contributed by atoms with Gasteiger partial charge in [-0.15, -0.1) is 0 Å². The number of nitrogens with zero attached hydrogens (tertiary/aromatic N) is 3. The number of hydrogen-bond donors (Lipinski definition) is 0. The summed E-state index contributed by atoms with van der Waals surface area (Å²) in [6.45, 7) is 8.58. The molecule has 2 saturated carbocycles. The standard InChI is InChI=1S/C21H37N3O/c1-18(20(25)24-11-4-2-3-5-12-24)22-13-15-23(16-14-22)19-7-10-21(17-19)8-6-9-21/h18-19H,2-17H2,1H3. The van der Waals surface area contributed by atoms with Crippen LogP contribution in [0.5, 0.6) is 0 Å². The second-order valence-electron chi connectivity index (χ2n) is 9.24. The number of likely N-dealkylation sites (tertiary alicyclic amines) is 1. The first-order valence-electron chi connectivity index (χ1n) is 10.9. The summed E-state index contributed by atoms with van der Waals surface area (Å²) in [5.74, 6) is 0.379. The van der Waals surface area contributed by atoms with Crippen LogP contribution in [0.1, 0.15) is 71.1 Å². The maximum absolute atomic E-state index is 12.9. The molecule has 0 aromatic heterocycles. The molecule has 1 spiro atoms. The third-order valence-electron chi connectivity index (χ3n) is 7.78. The van der Waals surface area contributed by atoms with Crippen LogP contribution >= 0.6 is 0 Å². The molecule has 2 saturated heterocycles. The van der Waals surface area contributed by atoms with Crippen LogP contribution in [0.3, 0.4) is 0 Å². The fourth-order valence-electron chi connectivity index (χ4n) is 5.82. The molecular weight excluding hydrogens is 310 g/mol. The molecule has 2 unspecified atom stereocenters. The van der Waals surface area contributed by atoms with Crippen molar-refractivity contribution in [2.75, 3.05) is 39.3 Å². The lowest BCUT2D eigenvalue weighted by Gasteiger charge is -2.43. The van der Waals surface area contributed by atoms with Gasteiger partial charge in [-0.1, -0.05) is 19.3 Å². The number of piperazine rings is 1. The molecule has 4 rings (SSSR count). The van der Waals surface area contributed by atoms with E-state index >= 15 is 0 Å². The second kappa shape index (κ2) is 7.56. The molecule has 2 aliphatic carbocycles. The molecule has 4 aliphatic rings. The molecule has 4 fully saturated rings. The summed E-state index contributed by atoms with van der Waals surface area (Å²) in [5.41, 5.74) is 0.748. The molecule has 4 nitrogen and oxygen atoms in total. The fraction of sp³-hybridized carbons (Fsp3) is 0.952. The van der Waals surface area contributed by atoms with Crippen LogP contribution in [-0.4, -0.2) is 72.0 Å². The van der Waals surface area contributed by atoms with Crippen LogP contribution in [0, 0.1) is 5.41 Å². The van der Waals surface area contributed by atoms with Crippen molar-refractivity contribution in [1.82, 2.24) is 14.7 Å². The summed E-state index contributed by atoms with van der Waals surface area (Å²) in [4.78, 5) is 20.2. The summed E-state index contributed by atoms with van der Waals surface area (Å²) in [5, 5.41) is 0. The van der Waals surface area contributed by atoms with E-state index in [0.29, 0.717) is 5.91 Å². The van der Waals surface area contributed by atoms with Crippen molar-refractivity contribution >= 4 is 5.91 Å². The van der Waals surface area contributed by atoms with Gasteiger partial charge >= 0.3 is 0 Å². The van der Waals surface area contributed by atoms with Gasteiger partial charge in [0.15, 0.2) is 0 Å². The van der Waals surface area contributed by atoms with E-state index < -0.39 is 0 Å². The Labute approximate surface area is 153 Å². The predicted molar refractivity (Wildman–Crippen MR) is 102 cm³/mol. The average Bonchev–Trinajstić information content (AvgIpc) is 2.91. The van der Waals surface area contributed by atoms with Crippen LogP contribution in [0.15, 0.2) is 0 Å². The van der Waals surface area contributed by atoms with Gasteiger partial charge in [0.1, 0.15) is 0 Å². The third kappa shape index (κ3) is 3.75. The highest BCUT2D eigenvalue weighted by Crippen LogP contribution is 2.54. The van der Waals surface area contributed by atoms with Crippen LogP contribution in [0.2, 0.25) is 0 Å². The van der Waals surface area contributed by atoms with Gasteiger partial charge in [0.2, 0.25) is 5.91 Å². The Morgan fingerprint density at radius 3 is 2.12 bits per heavy atom. The highest BCUT2D eigenvalue weighted by atomic mass is 16.2. The first kappa shape index (κ1) is 17.8. The first-order chi connectivity index (χ1) is 12.2. The lowest BCUT2D eigenvalue weighted by atomic mass is 9.67. The van der Waals surface area contributed by atoms with E-state index in [4.69, 9.17) is 0 Å². The minimum Gasteiger partial charge on any atom is -0.341 e. The molecule has 0 aromatic rings. The van der Waals surface area contributed by atoms with Gasteiger partial charge in [-0.25, -0.2) is 0 Å². The molecule has 0 N–H and O–H groups in total. The largest absolute Gasteiger partial charge is 0.341 e. The third-order valence-corrected chi connectivity index (χ3v) is 7.78. The van der Waals surface area contributed by atoms with Gasteiger partial charge in [-0.05, 0) is 57.3 Å². The molecule has 2 atom stereocenters. The monoisotopic (exact) mass is 347 g/mol. The van der Waals surface area contributed by atoms with Gasteiger partial charge in [-0.2, -0.15) is 0 Å². The smallest absolute Gasteiger partial charge is 0.239 e. The normalized spacial score (nSPS) is 32.4. The molecular formula is C21H37N3O. The lowest BCUT2D eigenvalue weighted by Crippen LogP contribution is -2.56. The van der Waals surface area contributed by atoms with Gasteiger partial charge in [-0.3, -0.25) is 14.6 Å².